The summed E-state index contributed by atoms with van der Waals surface area (Å²) in [4.78, 5) is 42.7. The van der Waals surface area contributed by atoms with E-state index in [1.54, 1.807) is 0 Å². The first-order chi connectivity index (χ1) is 19.2. The fourth-order valence-corrected chi connectivity index (χ4v) is 6.45. The Morgan fingerprint density at radius 2 is 1.70 bits per heavy atom. The number of esters is 1. The van der Waals surface area contributed by atoms with Gasteiger partial charge in [0.2, 0.25) is 15.9 Å². The van der Waals surface area contributed by atoms with E-state index in [9.17, 15) is 22.8 Å². The SMILES string of the molecule is COC(=O)c1ccc(N2C(=O)CC(N(CCc3c[nH]c4ccccc34)S(=O)(=O)c3ccc(OC)cc3)C2=O)cc1. The molecule has 4 aromatic rings. The van der Waals surface area contributed by atoms with Crippen molar-refractivity contribution in [2.24, 2.45) is 0 Å². The third kappa shape index (κ3) is 4.96. The standard InChI is InChI=1S/C29H27N3O7S/c1-38-22-11-13-23(14-12-22)40(36,37)31(16-15-20-18-30-25-6-4-3-5-24(20)25)26-17-27(33)32(28(26)34)21-9-7-19(8-10-21)29(35)39-2/h3-14,18,26,30H,15-17H2,1-2H3. The summed E-state index contributed by atoms with van der Waals surface area (Å²) in [5.41, 5.74) is 2.29. The molecular weight excluding hydrogens is 534 g/mol. The van der Waals surface area contributed by atoms with Crippen LogP contribution >= 0.6 is 0 Å². The van der Waals surface area contributed by atoms with Crippen molar-refractivity contribution in [3.63, 3.8) is 0 Å². The van der Waals surface area contributed by atoms with Gasteiger partial charge in [-0.1, -0.05) is 18.2 Å². The highest BCUT2D eigenvalue weighted by Crippen LogP contribution is 2.31. The highest BCUT2D eigenvalue weighted by atomic mass is 32.2. The van der Waals surface area contributed by atoms with Gasteiger partial charge in [0, 0.05) is 23.6 Å². The van der Waals surface area contributed by atoms with Crippen LogP contribution < -0.4 is 9.64 Å². The Balaban J connectivity index is 1.48. The number of aromatic amines is 1. The summed E-state index contributed by atoms with van der Waals surface area (Å²) >= 11 is 0. The second-order valence-electron chi connectivity index (χ2n) is 9.23. The molecule has 1 fully saturated rings. The molecule has 1 aromatic heterocycles. The fraction of sp³-hybridized carbons (Fsp3) is 0.207. The number of amides is 2. The first-order valence-electron chi connectivity index (χ1n) is 12.5. The number of H-pyrrole nitrogens is 1. The minimum Gasteiger partial charge on any atom is -0.497 e. The van der Waals surface area contributed by atoms with Gasteiger partial charge in [-0.3, -0.25) is 9.59 Å². The molecule has 2 amide bonds. The number of sulfonamides is 1. The second kappa shape index (κ2) is 10.9. The van der Waals surface area contributed by atoms with E-state index in [1.807, 2.05) is 30.5 Å². The molecule has 1 unspecified atom stereocenters. The normalized spacial score (nSPS) is 15.7. The lowest BCUT2D eigenvalue weighted by Gasteiger charge is -2.27. The molecule has 10 nitrogen and oxygen atoms in total. The molecule has 1 saturated heterocycles. The molecule has 1 N–H and O–H groups in total. The summed E-state index contributed by atoms with van der Waals surface area (Å²) in [6.07, 6.45) is 1.81. The number of hydrogen-bond donors (Lipinski definition) is 1. The summed E-state index contributed by atoms with van der Waals surface area (Å²) in [5, 5.41) is 0.949. The molecule has 0 saturated carbocycles. The Bertz CT molecular complexity index is 1680. The first kappa shape index (κ1) is 27.1. The Hall–Kier alpha value is -4.48. The van der Waals surface area contributed by atoms with Gasteiger partial charge in [0.1, 0.15) is 11.8 Å². The first-order valence-corrected chi connectivity index (χ1v) is 13.9. The number of aromatic nitrogens is 1. The molecular formula is C29H27N3O7S. The summed E-state index contributed by atoms with van der Waals surface area (Å²) < 4.78 is 38.8. The molecule has 0 bridgehead atoms. The third-order valence-electron chi connectivity index (χ3n) is 6.96. The molecule has 1 aliphatic heterocycles. The highest BCUT2D eigenvalue weighted by molar-refractivity contribution is 7.89. The zero-order chi connectivity index (χ0) is 28.4. The Morgan fingerprint density at radius 3 is 2.38 bits per heavy atom. The molecule has 0 radical (unpaired) electrons. The number of nitrogens with zero attached hydrogens (tertiary/aromatic N) is 2. The predicted molar refractivity (Wildman–Crippen MR) is 148 cm³/mol. The van der Waals surface area contributed by atoms with Gasteiger partial charge in [0.15, 0.2) is 0 Å². The van der Waals surface area contributed by atoms with Crippen LogP contribution in [0, 0.1) is 0 Å². The van der Waals surface area contributed by atoms with Crippen molar-refractivity contribution in [1.29, 1.82) is 0 Å². The number of imide groups is 1. The van der Waals surface area contributed by atoms with Gasteiger partial charge < -0.3 is 14.5 Å². The maximum Gasteiger partial charge on any atom is 0.337 e. The lowest BCUT2D eigenvalue weighted by Crippen LogP contribution is -2.46. The summed E-state index contributed by atoms with van der Waals surface area (Å²) in [5.74, 6) is -1.27. The number of anilines is 1. The van der Waals surface area contributed by atoms with Crippen LogP contribution in [-0.4, -0.2) is 62.3 Å². The van der Waals surface area contributed by atoms with Gasteiger partial charge in [-0.25, -0.2) is 18.1 Å². The largest absolute Gasteiger partial charge is 0.497 e. The van der Waals surface area contributed by atoms with Gasteiger partial charge in [-0.2, -0.15) is 4.31 Å². The maximum absolute atomic E-state index is 13.9. The molecule has 1 aliphatic rings. The molecule has 2 heterocycles. The minimum absolute atomic E-state index is 0.0200. The van der Waals surface area contributed by atoms with Gasteiger partial charge in [-0.05, 0) is 66.6 Å². The van der Waals surface area contributed by atoms with E-state index in [-0.39, 0.29) is 29.1 Å². The van der Waals surface area contributed by atoms with Gasteiger partial charge in [-0.15, -0.1) is 0 Å². The average molecular weight is 562 g/mol. The van der Waals surface area contributed by atoms with E-state index < -0.39 is 33.8 Å². The summed E-state index contributed by atoms with van der Waals surface area (Å²) in [7, 11) is -1.46. The Morgan fingerprint density at radius 1 is 1.00 bits per heavy atom. The van der Waals surface area contributed by atoms with Crippen LogP contribution in [0.15, 0.2) is 83.9 Å². The zero-order valence-corrected chi connectivity index (χ0v) is 22.7. The summed E-state index contributed by atoms with van der Waals surface area (Å²) in [6, 6.07) is 18.1. The van der Waals surface area contributed by atoms with E-state index in [2.05, 4.69) is 4.98 Å². The Kier molecular flexibility index (Phi) is 7.42. The minimum atomic E-state index is -4.19. The molecule has 40 heavy (non-hydrogen) atoms. The monoisotopic (exact) mass is 561 g/mol. The number of hydrogen-bond acceptors (Lipinski definition) is 7. The van der Waals surface area contributed by atoms with Crippen molar-refractivity contribution in [3.8, 4) is 5.75 Å². The van der Waals surface area contributed by atoms with Crippen LogP contribution in [0.1, 0.15) is 22.3 Å². The molecule has 206 valence electrons. The zero-order valence-electron chi connectivity index (χ0n) is 21.9. The third-order valence-corrected chi connectivity index (χ3v) is 8.88. The average Bonchev–Trinajstić information content (AvgIpc) is 3.52. The molecule has 0 aliphatic carbocycles. The van der Waals surface area contributed by atoms with Gasteiger partial charge in [0.25, 0.3) is 5.91 Å². The maximum atomic E-state index is 13.9. The van der Waals surface area contributed by atoms with Crippen molar-refractivity contribution in [2.75, 3.05) is 25.7 Å². The quantitative estimate of drug-likeness (QED) is 0.245. The van der Waals surface area contributed by atoms with Crippen molar-refractivity contribution in [2.45, 2.75) is 23.8 Å². The number of benzene rings is 3. The van der Waals surface area contributed by atoms with E-state index in [0.29, 0.717) is 12.2 Å². The van der Waals surface area contributed by atoms with E-state index in [4.69, 9.17) is 9.47 Å². The topological polar surface area (TPSA) is 126 Å². The molecule has 3 aromatic carbocycles. The lowest BCUT2D eigenvalue weighted by atomic mass is 10.1. The number of fused-ring (bicyclic) bond motifs is 1. The number of methoxy groups -OCH3 is 2. The molecule has 11 heteroatoms. The number of rotatable bonds is 9. The molecule has 0 spiro atoms. The van der Waals surface area contributed by atoms with Crippen LogP contribution in [-0.2, 0) is 30.8 Å². The smallest absolute Gasteiger partial charge is 0.337 e. The predicted octanol–water partition coefficient (Wildman–Crippen LogP) is 3.53. The second-order valence-corrected chi connectivity index (χ2v) is 11.1. The van der Waals surface area contributed by atoms with Gasteiger partial charge >= 0.3 is 5.97 Å². The van der Waals surface area contributed by atoms with E-state index in [0.717, 1.165) is 25.7 Å². The number of nitrogens with one attached hydrogen (secondary N) is 1. The highest BCUT2D eigenvalue weighted by Gasteiger charge is 2.46. The molecule has 5 rings (SSSR count). The van der Waals surface area contributed by atoms with Crippen LogP contribution in [0.25, 0.3) is 10.9 Å². The fourth-order valence-electron chi connectivity index (χ4n) is 4.87. The van der Waals surface area contributed by atoms with E-state index in [1.165, 1.54) is 62.8 Å². The van der Waals surface area contributed by atoms with Crippen LogP contribution in [0.2, 0.25) is 0 Å². The lowest BCUT2D eigenvalue weighted by molar-refractivity contribution is -0.122. The number of para-hydroxylation sites is 1. The number of ether oxygens (including phenoxy) is 2. The van der Waals surface area contributed by atoms with Gasteiger partial charge in [0.05, 0.1) is 36.8 Å². The van der Waals surface area contributed by atoms with Crippen LogP contribution in [0.5, 0.6) is 5.75 Å². The van der Waals surface area contributed by atoms with Crippen molar-refractivity contribution in [3.05, 3.63) is 90.1 Å². The van der Waals surface area contributed by atoms with Crippen LogP contribution in [0.4, 0.5) is 5.69 Å². The Labute approximate surface area is 231 Å². The van der Waals surface area contributed by atoms with Crippen molar-refractivity contribution in [1.82, 2.24) is 9.29 Å². The number of carbonyl (C=O) groups excluding carboxylic acids is 3. The number of carbonyl (C=O) groups is 3. The van der Waals surface area contributed by atoms with Crippen LogP contribution in [0.3, 0.4) is 0 Å². The molecule has 1 atom stereocenters. The van der Waals surface area contributed by atoms with Crippen molar-refractivity contribution < 1.29 is 32.3 Å². The van der Waals surface area contributed by atoms with E-state index >= 15 is 0 Å². The van der Waals surface area contributed by atoms with Crippen molar-refractivity contribution >= 4 is 44.4 Å². The summed E-state index contributed by atoms with van der Waals surface area (Å²) in [6.45, 7) is -0.0327.